The second-order valence-corrected chi connectivity index (χ2v) is 6.57. The minimum atomic E-state index is 0.103. The van der Waals surface area contributed by atoms with Crippen LogP contribution in [0.15, 0.2) is 48.5 Å². The lowest BCUT2D eigenvalue weighted by molar-refractivity contribution is 0.0941. The van der Waals surface area contributed by atoms with Crippen molar-refractivity contribution in [3.8, 4) is 0 Å². The zero-order valence-electron chi connectivity index (χ0n) is 11.8. The summed E-state index contributed by atoms with van der Waals surface area (Å²) < 4.78 is 0. The van der Waals surface area contributed by atoms with Crippen molar-refractivity contribution in [1.29, 1.82) is 0 Å². The van der Waals surface area contributed by atoms with Crippen molar-refractivity contribution in [2.45, 2.75) is 36.6 Å². The Morgan fingerprint density at radius 1 is 1.05 bits per heavy atom. The number of benzene rings is 2. The summed E-state index contributed by atoms with van der Waals surface area (Å²) in [6, 6.07) is 17.2. The Kier molecular flexibility index (Phi) is 2.07. The lowest BCUT2D eigenvalue weighted by Crippen LogP contribution is -2.34. The molecule has 104 valence electrons. The molecule has 0 radical (unpaired) electrons. The molecule has 1 spiro atoms. The van der Waals surface area contributed by atoms with E-state index in [0.29, 0.717) is 12.0 Å². The fourth-order valence-corrected chi connectivity index (χ4v) is 4.85. The molecule has 2 heteroatoms. The molecule has 1 fully saturated rings. The normalized spacial score (nSPS) is 31.9. The molecule has 1 aliphatic heterocycles. The molecule has 0 bridgehead atoms. The standard InChI is InChI=1S/C19H17NO/c21-18-14-9-3-2-8-13(14)16-17(20-18)19(16)11-5-7-12-6-1-4-10-15(12)19/h1-4,6,8-10,16-17H,5,7,11H2,(H,20,21)/t16-,17+,19-/m1/s1. The average molecular weight is 275 g/mol. The van der Waals surface area contributed by atoms with Crippen LogP contribution in [0.4, 0.5) is 0 Å². The second kappa shape index (κ2) is 3.76. The van der Waals surface area contributed by atoms with Gasteiger partial charge < -0.3 is 5.32 Å². The summed E-state index contributed by atoms with van der Waals surface area (Å²) in [5, 5.41) is 3.27. The highest BCUT2D eigenvalue weighted by atomic mass is 16.1. The minimum absolute atomic E-state index is 0.103. The Balaban J connectivity index is 1.71. The van der Waals surface area contributed by atoms with Gasteiger partial charge in [-0.25, -0.2) is 0 Å². The van der Waals surface area contributed by atoms with E-state index in [1.807, 2.05) is 12.1 Å². The molecule has 2 aromatic carbocycles. The van der Waals surface area contributed by atoms with Gasteiger partial charge in [-0.1, -0.05) is 42.5 Å². The highest BCUT2D eigenvalue weighted by Gasteiger charge is 2.69. The van der Waals surface area contributed by atoms with E-state index >= 15 is 0 Å². The molecule has 0 aromatic heterocycles. The van der Waals surface area contributed by atoms with E-state index in [1.165, 1.54) is 36.0 Å². The molecule has 5 rings (SSSR count). The van der Waals surface area contributed by atoms with Crippen molar-refractivity contribution in [1.82, 2.24) is 5.32 Å². The number of amides is 1. The zero-order valence-corrected chi connectivity index (χ0v) is 11.8. The van der Waals surface area contributed by atoms with Crippen molar-refractivity contribution < 1.29 is 4.79 Å². The summed E-state index contributed by atoms with van der Waals surface area (Å²) in [7, 11) is 0. The van der Waals surface area contributed by atoms with Gasteiger partial charge in [-0.15, -0.1) is 0 Å². The zero-order chi connectivity index (χ0) is 14.0. The third-order valence-electron chi connectivity index (χ3n) is 5.72. The number of rotatable bonds is 0. The molecule has 1 N–H and O–H groups in total. The van der Waals surface area contributed by atoms with Crippen LogP contribution >= 0.6 is 0 Å². The highest BCUT2D eigenvalue weighted by molar-refractivity contribution is 5.99. The first kappa shape index (κ1) is 11.6. The summed E-state index contributed by atoms with van der Waals surface area (Å²) in [5.74, 6) is 0.569. The van der Waals surface area contributed by atoms with Crippen molar-refractivity contribution in [2.75, 3.05) is 0 Å². The van der Waals surface area contributed by atoms with E-state index in [1.54, 1.807) is 0 Å². The summed E-state index contributed by atoms with van der Waals surface area (Å²) in [6.45, 7) is 0. The van der Waals surface area contributed by atoms with Crippen LogP contribution in [0.2, 0.25) is 0 Å². The molecule has 0 unspecified atom stereocenters. The summed E-state index contributed by atoms with van der Waals surface area (Å²) in [6.07, 6.45) is 3.59. The van der Waals surface area contributed by atoms with Gasteiger partial charge >= 0.3 is 0 Å². The van der Waals surface area contributed by atoms with Crippen LogP contribution in [0.25, 0.3) is 0 Å². The van der Waals surface area contributed by atoms with E-state index in [4.69, 9.17) is 0 Å². The number of hydrogen-bond donors (Lipinski definition) is 1. The van der Waals surface area contributed by atoms with Gasteiger partial charge in [-0.3, -0.25) is 4.79 Å². The van der Waals surface area contributed by atoms with E-state index in [9.17, 15) is 4.79 Å². The molecule has 0 saturated heterocycles. The number of fused-ring (bicyclic) bond motifs is 7. The van der Waals surface area contributed by atoms with Crippen molar-refractivity contribution in [3.05, 3.63) is 70.8 Å². The number of carbonyl (C=O) groups excluding carboxylic acids is 1. The second-order valence-electron chi connectivity index (χ2n) is 6.57. The van der Waals surface area contributed by atoms with E-state index in [0.717, 1.165) is 5.56 Å². The van der Waals surface area contributed by atoms with Crippen LogP contribution in [0.1, 0.15) is 45.8 Å². The third kappa shape index (κ3) is 1.31. The lowest BCUT2D eigenvalue weighted by atomic mass is 9.77. The molecule has 21 heavy (non-hydrogen) atoms. The summed E-state index contributed by atoms with van der Waals surface area (Å²) in [4.78, 5) is 12.3. The van der Waals surface area contributed by atoms with Gasteiger partial charge in [0.15, 0.2) is 0 Å². The van der Waals surface area contributed by atoms with E-state index < -0.39 is 0 Å². The predicted octanol–water partition coefficient (Wildman–Crippen LogP) is 3.17. The number of aryl methyl sites for hydroxylation is 1. The molecule has 2 aromatic rings. The van der Waals surface area contributed by atoms with Crippen molar-refractivity contribution in [2.24, 2.45) is 0 Å². The lowest BCUT2D eigenvalue weighted by Gasteiger charge is -2.26. The molecule has 1 saturated carbocycles. The van der Waals surface area contributed by atoms with Crippen LogP contribution in [-0.2, 0) is 11.8 Å². The first-order valence-electron chi connectivity index (χ1n) is 7.80. The Morgan fingerprint density at radius 2 is 1.86 bits per heavy atom. The Morgan fingerprint density at radius 3 is 2.81 bits per heavy atom. The Bertz CT molecular complexity index is 766. The molecule has 2 nitrogen and oxygen atoms in total. The highest BCUT2D eigenvalue weighted by Crippen LogP contribution is 2.66. The molecule has 3 aliphatic rings. The topological polar surface area (TPSA) is 29.1 Å². The Labute approximate surface area is 124 Å². The van der Waals surface area contributed by atoms with Crippen LogP contribution in [-0.4, -0.2) is 11.9 Å². The van der Waals surface area contributed by atoms with E-state index in [-0.39, 0.29) is 11.3 Å². The van der Waals surface area contributed by atoms with Gasteiger partial charge in [0.1, 0.15) is 0 Å². The van der Waals surface area contributed by atoms with Gasteiger partial charge in [-0.05, 0) is 42.0 Å². The number of carbonyl (C=O) groups is 1. The van der Waals surface area contributed by atoms with Crippen LogP contribution < -0.4 is 5.32 Å². The SMILES string of the molecule is O=C1N[C@H]2[C@@H](c3ccccc31)[C@]21CCCc2ccccc21. The van der Waals surface area contributed by atoms with Gasteiger partial charge in [0, 0.05) is 22.9 Å². The summed E-state index contributed by atoms with van der Waals surface area (Å²) in [5.41, 5.74) is 5.23. The molecule has 1 amide bonds. The quantitative estimate of drug-likeness (QED) is 0.786. The van der Waals surface area contributed by atoms with E-state index in [2.05, 4.69) is 41.7 Å². The summed E-state index contributed by atoms with van der Waals surface area (Å²) >= 11 is 0. The minimum Gasteiger partial charge on any atom is -0.348 e. The maximum absolute atomic E-state index is 12.3. The molecule has 2 aliphatic carbocycles. The molecule has 3 atom stereocenters. The smallest absolute Gasteiger partial charge is 0.251 e. The van der Waals surface area contributed by atoms with Crippen LogP contribution in [0.5, 0.6) is 0 Å². The number of hydrogen-bond acceptors (Lipinski definition) is 1. The first-order valence-corrected chi connectivity index (χ1v) is 7.80. The predicted molar refractivity (Wildman–Crippen MR) is 81.5 cm³/mol. The molecular formula is C19H17NO. The number of nitrogens with one attached hydrogen (secondary N) is 1. The van der Waals surface area contributed by atoms with Crippen LogP contribution in [0.3, 0.4) is 0 Å². The fourth-order valence-electron chi connectivity index (χ4n) is 4.85. The largest absolute Gasteiger partial charge is 0.348 e. The third-order valence-corrected chi connectivity index (χ3v) is 5.72. The molecule has 1 heterocycles. The first-order chi connectivity index (χ1) is 10.3. The Hall–Kier alpha value is -2.09. The van der Waals surface area contributed by atoms with Gasteiger partial charge in [0.25, 0.3) is 5.91 Å². The van der Waals surface area contributed by atoms with Crippen LogP contribution in [0, 0.1) is 0 Å². The van der Waals surface area contributed by atoms with Gasteiger partial charge in [-0.2, -0.15) is 0 Å². The fraction of sp³-hybridized carbons (Fsp3) is 0.316. The molecular weight excluding hydrogens is 258 g/mol. The average Bonchev–Trinajstić information content (AvgIpc) is 3.16. The maximum Gasteiger partial charge on any atom is 0.251 e. The van der Waals surface area contributed by atoms with Crippen molar-refractivity contribution in [3.63, 3.8) is 0 Å². The van der Waals surface area contributed by atoms with Crippen molar-refractivity contribution >= 4 is 5.91 Å². The monoisotopic (exact) mass is 275 g/mol. The van der Waals surface area contributed by atoms with Gasteiger partial charge in [0.2, 0.25) is 0 Å². The van der Waals surface area contributed by atoms with Gasteiger partial charge in [0.05, 0.1) is 0 Å². The maximum atomic E-state index is 12.3.